The Morgan fingerprint density at radius 2 is 2.06 bits per heavy atom. The molecule has 2 fully saturated rings. The van der Waals surface area contributed by atoms with Crippen molar-refractivity contribution in [2.75, 3.05) is 37.1 Å². The molecule has 180 valence electrons. The first-order valence-electron chi connectivity index (χ1n) is 11.2. The van der Waals surface area contributed by atoms with E-state index in [4.69, 9.17) is 20.5 Å². The van der Waals surface area contributed by atoms with E-state index in [9.17, 15) is 4.79 Å². The molecule has 1 atom stereocenters. The Bertz CT molecular complexity index is 1040. The molecule has 2 aliphatic rings. The van der Waals surface area contributed by atoms with Gasteiger partial charge in [0.25, 0.3) is 12.2 Å². The first-order chi connectivity index (χ1) is 16.5. The number of hydrogen-bond acceptors (Lipinski definition) is 12. The van der Waals surface area contributed by atoms with E-state index in [1.165, 1.54) is 12.6 Å². The Morgan fingerprint density at radius 1 is 1.26 bits per heavy atom. The van der Waals surface area contributed by atoms with Crippen molar-refractivity contribution in [3.63, 3.8) is 0 Å². The van der Waals surface area contributed by atoms with Gasteiger partial charge in [-0.25, -0.2) is 9.97 Å². The predicted molar refractivity (Wildman–Crippen MR) is 119 cm³/mol. The van der Waals surface area contributed by atoms with Crippen LogP contribution in [0.2, 0.25) is 0 Å². The van der Waals surface area contributed by atoms with Crippen molar-refractivity contribution in [2.24, 2.45) is 11.8 Å². The van der Waals surface area contributed by atoms with E-state index in [0.29, 0.717) is 49.0 Å². The molecule has 1 saturated carbocycles. The fourth-order valence-electron chi connectivity index (χ4n) is 3.69. The summed E-state index contributed by atoms with van der Waals surface area (Å²) >= 11 is 0. The number of anilines is 2. The maximum Gasteiger partial charge on any atom is 0.324 e. The lowest BCUT2D eigenvalue weighted by molar-refractivity contribution is 0.0808. The van der Waals surface area contributed by atoms with Gasteiger partial charge < -0.3 is 30.2 Å². The van der Waals surface area contributed by atoms with Crippen molar-refractivity contribution in [1.29, 1.82) is 5.26 Å². The molecule has 1 aliphatic carbocycles. The second-order valence-electron chi connectivity index (χ2n) is 8.35. The van der Waals surface area contributed by atoms with Crippen LogP contribution in [-0.4, -0.2) is 63.4 Å². The summed E-state index contributed by atoms with van der Waals surface area (Å²) in [7, 11) is 0. The number of nitriles is 1. The molecule has 13 nitrogen and oxygen atoms in total. The lowest BCUT2D eigenvalue weighted by Crippen LogP contribution is -2.38. The highest BCUT2D eigenvalue weighted by molar-refractivity contribution is 5.91. The largest absolute Gasteiger partial charge is 0.488 e. The molecule has 13 heteroatoms. The number of piperidine rings is 1. The van der Waals surface area contributed by atoms with Gasteiger partial charge >= 0.3 is 6.01 Å². The summed E-state index contributed by atoms with van der Waals surface area (Å²) in [6, 6.07) is -0.0340. The van der Waals surface area contributed by atoms with Crippen molar-refractivity contribution in [3.8, 4) is 18.0 Å². The SMILES string of the molecule is C[C@@H](NC(=O)c1nc(OCOC#N)nc(N2CCC(COc3cncnc3N)CC2)n1)C1CC1. The van der Waals surface area contributed by atoms with Gasteiger partial charge in [-0.05, 0) is 44.4 Å². The van der Waals surface area contributed by atoms with Crippen molar-refractivity contribution in [1.82, 2.24) is 30.2 Å². The maximum atomic E-state index is 12.7. The van der Waals surface area contributed by atoms with E-state index in [0.717, 1.165) is 25.7 Å². The Balaban J connectivity index is 1.39. The number of carbonyl (C=O) groups excluding carboxylic acids is 1. The van der Waals surface area contributed by atoms with E-state index in [1.807, 2.05) is 11.8 Å². The number of rotatable bonds is 10. The first kappa shape index (κ1) is 23.2. The Morgan fingerprint density at radius 3 is 2.76 bits per heavy atom. The van der Waals surface area contributed by atoms with Gasteiger partial charge in [0.2, 0.25) is 18.6 Å². The van der Waals surface area contributed by atoms with Gasteiger partial charge in [-0.15, -0.1) is 0 Å². The van der Waals surface area contributed by atoms with Gasteiger partial charge in [0.1, 0.15) is 6.33 Å². The zero-order valence-corrected chi connectivity index (χ0v) is 18.9. The average molecular weight is 470 g/mol. The number of nitrogen functional groups attached to an aromatic ring is 1. The second kappa shape index (κ2) is 10.8. The van der Waals surface area contributed by atoms with E-state index >= 15 is 0 Å². The minimum Gasteiger partial charge on any atom is -0.488 e. The molecule has 2 aromatic heterocycles. The van der Waals surface area contributed by atoms with E-state index in [-0.39, 0.29) is 30.6 Å². The Labute approximate surface area is 196 Å². The van der Waals surface area contributed by atoms with Crippen LogP contribution in [0, 0.1) is 23.4 Å². The minimum atomic E-state index is -0.389. The van der Waals surface area contributed by atoms with Gasteiger partial charge in [-0.2, -0.15) is 20.2 Å². The highest BCUT2D eigenvalue weighted by atomic mass is 16.7. The summed E-state index contributed by atoms with van der Waals surface area (Å²) in [4.78, 5) is 35.4. The summed E-state index contributed by atoms with van der Waals surface area (Å²) in [5, 5.41) is 11.5. The molecule has 3 heterocycles. The van der Waals surface area contributed by atoms with Crippen LogP contribution in [0.3, 0.4) is 0 Å². The molecule has 1 aliphatic heterocycles. The fraction of sp³-hybridized carbons (Fsp3) is 0.571. The number of aromatic nitrogens is 5. The molecule has 2 aromatic rings. The molecule has 3 N–H and O–H groups in total. The standard InChI is InChI=1S/C21H27N9O4/c1-13(15-2-3-15)26-19(31)18-27-20(29-21(28-18)34-12-32-10-22)30-6-4-14(5-7-30)9-33-16-8-24-11-25-17(16)23/h8,11,13-15H,2-7,9,12H2,1H3,(H,26,31)(H2,23,24,25)/t13-/m1/s1. The molecule has 4 rings (SSSR count). The van der Waals surface area contributed by atoms with E-state index in [1.54, 1.807) is 6.20 Å². The summed E-state index contributed by atoms with van der Waals surface area (Å²) in [5.41, 5.74) is 5.80. The third-order valence-electron chi connectivity index (χ3n) is 5.89. The topological polar surface area (TPSA) is 174 Å². The van der Waals surface area contributed by atoms with Gasteiger partial charge in [0.05, 0.1) is 12.8 Å². The number of nitrogens with two attached hydrogens (primary N) is 1. The van der Waals surface area contributed by atoms with Crippen LogP contribution in [-0.2, 0) is 4.74 Å². The second-order valence-corrected chi connectivity index (χ2v) is 8.35. The van der Waals surface area contributed by atoms with Crippen LogP contribution in [0.25, 0.3) is 0 Å². The Hall–Kier alpha value is -3.95. The molecule has 0 unspecified atom stereocenters. The Kier molecular flexibility index (Phi) is 7.36. The van der Waals surface area contributed by atoms with Crippen molar-refractivity contribution < 1.29 is 19.0 Å². The van der Waals surface area contributed by atoms with Crippen molar-refractivity contribution >= 4 is 17.7 Å². The molecule has 34 heavy (non-hydrogen) atoms. The van der Waals surface area contributed by atoms with Crippen LogP contribution in [0.1, 0.15) is 43.2 Å². The van der Waals surface area contributed by atoms with Gasteiger partial charge in [-0.1, -0.05) is 0 Å². The molecule has 0 spiro atoms. The number of hydrogen-bond donors (Lipinski definition) is 2. The summed E-state index contributed by atoms with van der Waals surface area (Å²) in [5.74, 6) is 1.50. The monoisotopic (exact) mass is 469 g/mol. The van der Waals surface area contributed by atoms with E-state index < -0.39 is 0 Å². The number of carbonyl (C=O) groups is 1. The average Bonchev–Trinajstić information content (AvgIpc) is 3.70. The molecule has 0 bridgehead atoms. The minimum absolute atomic E-state index is 0.0329. The lowest BCUT2D eigenvalue weighted by atomic mass is 9.98. The quantitative estimate of drug-likeness (QED) is 0.286. The van der Waals surface area contributed by atoms with Gasteiger partial charge in [0.15, 0.2) is 11.6 Å². The predicted octanol–water partition coefficient (Wildman–Crippen LogP) is 0.901. The van der Waals surface area contributed by atoms with Crippen LogP contribution in [0.5, 0.6) is 11.8 Å². The van der Waals surface area contributed by atoms with Crippen LogP contribution >= 0.6 is 0 Å². The third-order valence-corrected chi connectivity index (χ3v) is 5.89. The number of amides is 1. The smallest absolute Gasteiger partial charge is 0.324 e. The van der Waals surface area contributed by atoms with Crippen molar-refractivity contribution in [3.05, 3.63) is 18.3 Å². The van der Waals surface area contributed by atoms with Crippen molar-refractivity contribution in [2.45, 2.75) is 38.6 Å². The highest BCUT2D eigenvalue weighted by Gasteiger charge is 2.30. The molecule has 0 radical (unpaired) electrons. The van der Waals surface area contributed by atoms with Gasteiger partial charge in [-0.3, -0.25) is 4.79 Å². The lowest BCUT2D eigenvalue weighted by Gasteiger charge is -2.32. The van der Waals surface area contributed by atoms with Crippen LogP contribution < -0.4 is 25.4 Å². The van der Waals surface area contributed by atoms with Crippen LogP contribution in [0.4, 0.5) is 11.8 Å². The highest BCUT2D eigenvalue weighted by Crippen LogP contribution is 2.32. The normalized spacial score (nSPS) is 16.9. The van der Waals surface area contributed by atoms with E-state index in [2.05, 4.69) is 35.0 Å². The molecule has 0 aromatic carbocycles. The van der Waals surface area contributed by atoms with Crippen LogP contribution in [0.15, 0.2) is 12.5 Å². The summed E-state index contributed by atoms with van der Waals surface area (Å²) in [6.45, 7) is 3.43. The molecule has 1 amide bonds. The number of nitrogens with one attached hydrogen (secondary N) is 1. The maximum absolute atomic E-state index is 12.7. The van der Waals surface area contributed by atoms with Gasteiger partial charge in [0, 0.05) is 19.1 Å². The first-order valence-corrected chi connectivity index (χ1v) is 11.2. The number of ether oxygens (including phenoxy) is 3. The summed E-state index contributed by atoms with van der Waals surface area (Å²) < 4.78 is 15.6. The third kappa shape index (κ3) is 6.09. The summed E-state index contributed by atoms with van der Waals surface area (Å²) in [6.07, 6.45) is 8.31. The molecular weight excluding hydrogens is 442 g/mol. The molecular formula is C21H27N9O4. The number of nitrogens with zero attached hydrogens (tertiary/aromatic N) is 7. The molecule has 1 saturated heterocycles. The zero-order chi connectivity index (χ0) is 23.9. The fourth-order valence-corrected chi connectivity index (χ4v) is 3.69. The zero-order valence-electron chi connectivity index (χ0n) is 18.9.